The molecule has 1 saturated heterocycles. The molecule has 290 valence electrons. The van der Waals surface area contributed by atoms with Crippen LogP contribution in [0.25, 0.3) is 11.1 Å². The Balaban J connectivity index is 1.06. The molecule has 11 heteroatoms. The number of hydrogen-bond acceptors (Lipinski definition) is 8. The number of aliphatic hydroxyl groups excluding tert-OH is 1. The second-order valence-electron chi connectivity index (χ2n) is 15.3. The summed E-state index contributed by atoms with van der Waals surface area (Å²) in [4.78, 5) is 6.48. The smallest absolute Gasteiger partial charge is 0.142 e. The maximum absolute atomic E-state index is 14.2. The lowest BCUT2D eigenvalue weighted by Crippen LogP contribution is -2.41. The molecule has 2 aliphatic carbocycles. The maximum atomic E-state index is 14.2. The summed E-state index contributed by atoms with van der Waals surface area (Å²) in [6, 6.07) is 19.8. The lowest BCUT2D eigenvalue weighted by Gasteiger charge is -2.34. The first kappa shape index (κ1) is 39.3. The zero-order valence-electron chi connectivity index (χ0n) is 31.3. The first-order valence-electron chi connectivity index (χ1n) is 19.5. The van der Waals surface area contributed by atoms with Crippen LogP contribution in [0.3, 0.4) is 0 Å². The normalized spacial score (nSPS) is 20.8. The van der Waals surface area contributed by atoms with Crippen molar-refractivity contribution in [3.63, 3.8) is 0 Å². The van der Waals surface area contributed by atoms with Crippen LogP contribution in [0, 0.1) is 11.3 Å². The lowest BCUT2D eigenvalue weighted by molar-refractivity contribution is 0.0715. The molecule has 0 amide bonds. The Kier molecular flexibility index (Phi) is 12.8. The topological polar surface area (TPSA) is 99.9 Å². The van der Waals surface area contributed by atoms with Crippen molar-refractivity contribution in [1.29, 1.82) is 5.26 Å². The van der Waals surface area contributed by atoms with Gasteiger partial charge in [-0.1, -0.05) is 66.4 Å². The van der Waals surface area contributed by atoms with E-state index >= 15 is 0 Å². The minimum atomic E-state index is -1.05. The summed E-state index contributed by atoms with van der Waals surface area (Å²) in [7, 11) is 0. The number of aliphatic hydroxyl groups is 1. The van der Waals surface area contributed by atoms with Crippen molar-refractivity contribution in [2.75, 3.05) is 26.2 Å². The van der Waals surface area contributed by atoms with E-state index in [1.807, 2.05) is 36.4 Å². The number of rotatable bonds is 14. The van der Waals surface area contributed by atoms with Gasteiger partial charge in [0.15, 0.2) is 0 Å². The number of alkyl halides is 1. The van der Waals surface area contributed by atoms with Crippen LogP contribution in [0.15, 0.2) is 67.0 Å². The molecule has 2 N–H and O–H groups in total. The number of halogens is 3. The highest BCUT2D eigenvalue weighted by molar-refractivity contribution is 6.35. The summed E-state index contributed by atoms with van der Waals surface area (Å²) in [5.41, 5.74) is 5.27. The van der Waals surface area contributed by atoms with Crippen molar-refractivity contribution in [1.82, 2.24) is 15.2 Å². The monoisotopic (exact) mass is 786 g/mol. The number of nitriles is 1. The highest BCUT2D eigenvalue weighted by Gasteiger charge is 2.30. The van der Waals surface area contributed by atoms with E-state index in [1.54, 1.807) is 19.2 Å². The van der Waals surface area contributed by atoms with E-state index < -0.39 is 5.67 Å². The SMILES string of the molecule is CC1(F)CCN(CCCOc2cccc(-c3cccc4c3CC[C@@H]4Oc3cc(OCc4cncc(C#N)c4)c(CN[C@@H]4CCCC[C@@H]4O)cc3Cl)c2Cl)CC1. The average Bonchev–Trinajstić information content (AvgIpc) is 3.60. The molecule has 3 aromatic carbocycles. The molecule has 8 nitrogen and oxygen atoms in total. The van der Waals surface area contributed by atoms with Gasteiger partial charge in [0.2, 0.25) is 0 Å². The van der Waals surface area contributed by atoms with E-state index in [1.165, 1.54) is 11.8 Å². The second-order valence-corrected chi connectivity index (χ2v) is 16.1. The number of ether oxygens (including phenoxy) is 3. The first-order valence-corrected chi connectivity index (χ1v) is 20.2. The summed E-state index contributed by atoms with van der Waals surface area (Å²) >= 11 is 14.0. The third-order valence-corrected chi connectivity index (χ3v) is 11.9. The molecule has 3 atom stereocenters. The van der Waals surface area contributed by atoms with E-state index in [0.29, 0.717) is 58.9 Å². The van der Waals surface area contributed by atoms with Gasteiger partial charge < -0.3 is 29.5 Å². The molecule has 3 aliphatic rings. The number of aromatic nitrogens is 1. The fourth-order valence-corrected chi connectivity index (χ4v) is 8.52. The van der Waals surface area contributed by atoms with Gasteiger partial charge in [-0.25, -0.2) is 4.39 Å². The van der Waals surface area contributed by atoms with Crippen LogP contribution in [-0.2, 0) is 19.6 Å². The standard InChI is InChI=1S/C44H49Cl2FN4O4/c1-44(47)15-18-51(19-16-44)17-6-20-53-40-12-5-9-35(43(40)46)32-7-4-8-34-33(32)13-14-39(34)55-42-23-41(54-28-30-21-29(24-48)25-49-26-30)31(22-36(42)45)27-50-37-10-2-3-11-38(37)52/h4-5,7-9,12,21-23,25-26,37-39,50,52H,2-3,6,10-11,13-20,27-28H2,1H3/t37-,38+,39+/m1/s1. The highest BCUT2D eigenvalue weighted by atomic mass is 35.5. The second kappa shape index (κ2) is 17.9. The molecule has 7 rings (SSSR count). The zero-order valence-corrected chi connectivity index (χ0v) is 32.8. The van der Waals surface area contributed by atoms with E-state index in [4.69, 9.17) is 37.4 Å². The Morgan fingerprint density at radius 3 is 2.60 bits per heavy atom. The van der Waals surface area contributed by atoms with Gasteiger partial charge in [-0.15, -0.1) is 0 Å². The number of fused-ring (bicyclic) bond motifs is 1. The Labute approximate surface area is 333 Å². The van der Waals surface area contributed by atoms with E-state index in [0.717, 1.165) is 92.4 Å². The first-order chi connectivity index (χ1) is 26.7. The predicted octanol–water partition coefficient (Wildman–Crippen LogP) is 9.56. The molecular formula is C44H49Cl2FN4O4. The molecule has 1 aliphatic heterocycles. The van der Waals surface area contributed by atoms with Crippen LogP contribution >= 0.6 is 23.2 Å². The minimum absolute atomic E-state index is 0.000964. The van der Waals surface area contributed by atoms with Gasteiger partial charge in [-0.05, 0) is 86.8 Å². The van der Waals surface area contributed by atoms with Crippen LogP contribution < -0.4 is 19.5 Å². The summed E-state index contributed by atoms with van der Waals surface area (Å²) in [6.07, 6.45) is 9.95. The Morgan fingerprint density at radius 1 is 0.982 bits per heavy atom. The summed E-state index contributed by atoms with van der Waals surface area (Å²) in [6.45, 7) is 5.33. The lowest BCUT2D eigenvalue weighted by atomic mass is 9.92. The summed E-state index contributed by atoms with van der Waals surface area (Å²) in [5, 5.41) is 24.5. The molecular weight excluding hydrogens is 738 g/mol. The predicted molar refractivity (Wildman–Crippen MR) is 214 cm³/mol. The molecule has 1 aromatic heterocycles. The summed E-state index contributed by atoms with van der Waals surface area (Å²) < 4.78 is 33.4. The largest absolute Gasteiger partial charge is 0.492 e. The van der Waals surface area contributed by atoms with Crippen molar-refractivity contribution in [3.05, 3.63) is 105 Å². The Morgan fingerprint density at radius 2 is 1.78 bits per heavy atom. The van der Waals surface area contributed by atoms with Gasteiger partial charge in [0.05, 0.1) is 28.3 Å². The van der Waals surface area contributed by atoms with Crippen molar-refractivity contribution in [3.8, 4) is 34.4 Å². The van der Waals surface area contributed by atoms with Gasteiger partial charge in [-0.2, -0.15) is 5.26 Å². The molecule has 0 spiro atoms. The molecule has 0 radical (unpaired) electrons. The molecule has 2 fully saturated rings. The zero-order chi connectivity index (χ0) is 38.4. The molecule has 0 unspecified atom stereocenters. The van der Waals surface area contributed by atoms with Crippen molar-refractivity contribution in [2.45, 2.75) is 102 Å². The third kappa shape index (κ3) is 9.73. The number of nitrogens with one attached hydrogen (secondary N) is 1. The third-order valence-electron chi connectivity index (χ3n) is 11.2. The van der Waals surface area contributed by atoms with E-state index in [-0.39, 0.29) is 24.9 Å². The highest BCUT2D eigenvalue weighted by Crippen LogP contribution is 2.45. The van der Waals surface area contributed by atoms with Crippen LogP contribution in [0.5, 0.6) is 17.2 Å². The van der Waals surface area contributed by atoms with Crippen LogP contribution in [0.4, 0.5) is 4.39 Å². The molecule has 2 heterocycles. The number of pyridine rings is 1. The number of hydrogen-bond donors (Lipinski definition) is 2. The van der Waals surface area contributed by atoms with Crippen LogP contribution in [-0.4, -0.2) is 59.0 Å². The number of piperidine rings is 1. The fraction of sp³-hybridized carbons (Fsp3) is 0.455. The number of likely N-dealkylation sites (tertiary alicyclic amines) is 1. The minimum Gasteiger partial charge on any atom is -0.492 e. The van der Waals surface area contributed by atoms with E-state index in [2.05, 4.69) is 33.4 Å². The molecule has 1 saturated carbocycles. The van der Waals surface area contributed by atoms with Crippen LogP contribution in [0.2, 0.25) is 10.0 Å². The van der Waals surface area contributed by atoms with Crippen molar-refractivity contribution < 1.29 is 23.7 Å². The number of benzene rings is 3. The summed E-state index contributed by atoms with van der Waals surface area (Å²) in [5.74, 6) is 1.77. The Hall–Kier alpha value is -3.91. The average molecular weight is 788 g/mol. The van der Waals surface area contributed by atoms with Gasteiger partial charge in [0.25, 0.3) is 0 Å². The maximum Gasteiger partial charge on any atom is 0.142 e. The Bertz CT molecular complexity index is 2000. The molecule has 4 aromatic rings. The van der Waals surface area contributed by atoms with Gasteiger partial charge >= 0.3 is 0 Å². The van der Waals surface area contributed by atoms with Gasteiger partial charge in [0.1, 0.15) is 41.7 Å². The van der Waals surface area contributed by atoms with E-state index in [9.17, 15) is 14.8 Å². The van der Waals surface area contributed by atoms with Crippen molar-refractivity contribution >= 4 is 23.2 Å². The van der Waals surface area contributed by atoms with Crippen LogP contribution in [0.1, 0.15) is 92.2 Å². The molecule has 0 bridgehead atoms. The quantitative estimate of drug-likeness (QED) is 0.122. The van der Waals surface area contributed by atoms with Gasteiger partial charge in [-0.3, -0.25) is 4.98 Å². The fourth-order valence-electron chi connectivity index (χ4n) is 8.01. The van der Waals surface area contributed by atoms with Gasteiger partial charge in [0, 0.05) is 67.4 Å². The number of nitrogens with zero attached hydrogens (tertiary/aromatic N) is 3. The van der Waals surface area contributed by atoms with Crippen molar-refractivity contribution in [2.24, 2.45) is 0 Å². The molecule has 55 heavy (non-hydrogen) atoms.